The van der Waals surface area contributed by atoms with Crippen molar-refractivity contribution in [3.8, 4) is 5.75 Å². The maximum atomic E-state index is 8.40. The van der Waals surface area contributed by atoms with E-state index in [1.54, 1.807) is 0 Å². The van der Waals surface area contributed by atoms with Gasteiger partial charge in [0.1, 0.15) is 11.9 Å². The zero-order valence-electron chi connectivity index (χ0n) is 11.4. The molecule has 0 amide bonds. The average Bonchev–Trinajstić information content (AvgIpc) is 2.49. The average molecular weight is 267 g/mol. The van der Waals surface area contributed by atoms with Gasteiger partial charge in [-0.2, -0.15) is 0 Å². The Morgan fingerprint density at radius 2 is 1.80 bits per heavy atom. The third kappa shape index (κ3) is 3.77. The van der Waals surface area contributed by atoms with Crippen LogP contribution < -0.4 is 4.74 Å². The molecule has 4 nitrogen and oxygen atoms in total. The molecule has 0 radical (unpaired) electrons. The van der Waals surface area contributed by atoms with Crippen LogP contribution in [0.4, 0.5) is 0 Å². The van der Waals surface area contributed by atoms with Crippen LogP contribution >= 0.6 is 0 Å². The summed E-state index contributed by atoms with van der Waals surface area (Å²) < 4.78 is 6.09. The second kappa shape index (κ2) is 7.22. The second-order valence-corrected chi connectivity index (χ2v) is 4.53. The van der Waals surface area contributed by atoms with Crippen molar-refractivity contribution in [2.24, 2.45) is 5.11 Å². The molecule has 1 atom stereocenters. The van der Waals surface area contributed by atoms with Gasteiger partial charge in [-0.15, -0.1) is 0 Å². The summed E-state index contributed by atoms with van der Waals surface area (Å²) in [4.78, 5) is 2.80. The lowest BCUT2D eigenvalue weighted by Gasteiger charge is -2.20. The molecule has 20 heavy (non-hydrogen) atoms. The van der Waals surface area contributed by atoms with E-state index in [1.165, 1.54) is 0 Å². The quantitative estimate of drug-likeness (QED) is 0.420. The maximum Gasteiger partial charge on any atom is 0.124 e. The minimum absolute atomic E-state index is 0.109. The van der Waals surface area contributed by atoms with Gasteiger partial charge in [0, 0.05) is 11.5 Å². The lowest BCUT2D eigenvalue weighted by molar-refractivity contribution is 0.196. The van der Waals surface area contributed by atoms with Crippen molar-refractivity contribution in [3.63, 3.8) is 0 Å². The fraction of sp³-hybridized carbons (Fsp3) is 0.250. The predicted molar refractivity (Wildman–Crippen MR) is 79.6 cm³/mol. The largest absolute Gasteiger partial charge is 0.485 e. The van der Waals surface area contributed by atoms with Crippen LogP contribution in [0.5, 0.6) is 5.75 Å². The van der Waals surface area contributed by atoms with E-state index in [2.05, 4.69) is 10.0 Å². The highest BCUT2D eigenvalue weighted by Crippen LogP contribution is 2.27. The van der Waals surface area contributed by atoms with E-state index in [0.717, 1.165) is 16.9 Å². The van der Waals surface area contributed by atoms with Crippen molar-refractivity contribution in [2.75, 3.05) is 6.54 Å². The molecular weight excluding hydrogens is 250 g/mol. The Morgan fingerprint density at radius 3 is 2.50 bits per heavy atom. The molecule has 2 rings (SSSR count). The molecule has 2 aromatic rings. The summed E-state index contributed by atoms with van der Waals surface area (Å²) in [5, 5.41) is 3.60. The molecular formula is C16H17N3O. The molecule has 0 aromatic heterocycles. The maximum absolute atomic E-state index is 8.40. The van der Waals surface area contributed by atoms with Gasteiger partial charge in [-0.05, 0) is 36.1 Å². The molecule has 4 heteroatoms. The molecule has 0 saturated heterocycles. The van der Waals surface area contributed by atoms with Gasteiger partial charge < -0.3 is 4.74 Å². The third-order valence-corrected chi connectivity index (χ3v) is 3.09. The molecule has 0 aliphatic heterocycles. The van der Waals surface area contributed by atoms with Crippen LogP contribution in [0.15, 0.2) is 59.7 Å². The zero-order chi connectivity index (χ0) is 14.2. The molecule has 0 spiro atoms. The van der Waals surface area contributed by atoms with Crippen LogP contribution in [0.1, 0.15) is 23.7 Å². The summed E-state index contributed by atoms with van der Waals surface area (Å²) in [7, 11) is 0. The van der Waals surface area contributed by atoms with E-state index >= 15 is 0 Å². The standard InChI is InChI=1S/C16H17N3O/c1-13-7-5-6-10-15(13)20-16(11-12-18-19-17)14-8-3-2-4-9-14/h2-10,16H,11-12H2,1H3/t16-/m0/s1. The Kier molecular flexibility index (Phi) is 5.04. The van der Waals surface area contributed by atoms with Crippen molar-refractivity contribution in [1.29, 1.82) is 0 Å². The first kappa shape index (κ1) is 14.0. The molecule has 0 unspecified atom stereocenters. The molecule has 0 bridgehead atoms. The highest BCUT2D eigenvalue weighted by Gasteiger charge is 2.13. The first-order chi connectivity index (χ1) is 9.81. The molecule has 0 heterocycles. The van der Waals surface area contributed by atoms with Gasteiger partial charge in [0.2, 0.25) is 0 Å². The third-order valence-electron chi connectivity index (χ3n) is 3.09. The van der Waals surface area contributed by atoms with Gasteiger partial charge in [0.05, 0.1) is 0 Å². The fourth-order valence-corrected chi connectivity index (χ4v) is 2.02. The number of rotatable bonds is 6. The number of para-hydroxylation sites is 1. The van der Waals surface area contributed by atoms with Gasteiger partial charge >= 0.3 is 0 Å². The molecule has 0 fully saturated rings. The summed E-state index contributed by atoms with van der Waals surface area (Å²) in [6.07, 6.45) is 0.547. The van der Waals surface area contributed by atoms with Gasteiger partial charge in [-0.25, -0.2) is 0 Å². The second-order valence-electron chi connectivity index (χ2n) is 4.53. The van der Waals surface area contributed by atoms with Crippen molar-refractivity contribution in [3.05, 3.63) is 76.2 Å². The highest BCUT2D eigenvalue weighted by molar-refractivity contribution is 5.33. The number of azide groups is 1. The number of nitrogens with zero attached hydrogens (tertiary/aromatic N) is 3. The lowest BCUT2D eigenvalue weighted by atomic mass is 10.1. The molecule has 0 saturated carbocycles. The van der Waals surface area contributed by atoms with E-state index < -0.39 is 0 Å². The topological polar surface area (TPSA) is 58.0 Å². The summed E-state index contributed by atoms with van der Waals surface area (Å²) in [6.45, 7) is 2.44. The minimum atomic E-state index is -0.109. The number of hydrogen-bond acceptors (Lipinski definition) is 2. The van der Waals surface area contributed by atoms with Crippen LogP contribution in [0, 0.1) is 6.92 Å². The number of ether oxygens (including phenoxy) is 1. The SMILES string of the molecule is Cc1ccccc1O[C@@H](CCN=[N+]=[N-])c1ccccc1. The smallest absolute Gasteiger partial charge is 0.124 e. The number of hydrogen-bond donors (Lipinski definition) is 0. The van der Waals surface area contributed by atoms with Gasteiger partial charge in [0.15, 0.2) is 0 Å². The van der Waals surface area contributed by atoms with E-state index in [9.17, 15) is 0 Å². The molecule has 0 aliphatic rings. The van der Waals surface area contributed by atoms with Crippen LogP contribution in [-0.2, 0) is 0 Å². The molecule has 0 N–H and O–H groups in total. The number of aryl methyl sites for hydroxylation is 1. The summed E-state index contributed by atoms with van der Waals surface area (Å²) in [6, 6.07) is 17.9. The Balaban J connectivity index is 2.18. The predicted octanol–water partition coefficient (Wildman–Crippen LogP) is 4.82. The zero-order valence-corrected chi connectivity index (χ0v) is 11.4. The van der Waals surface area contributed by atoms with Crippen molar-refractivity contribution in [2.45, 2.75) is 19.4 Å². The lowest BCUT2D eigenvalue weighted by Crippen LogP contribution is -2.09. The monoisotopic (exact) mass is 267 g/mol. The van der Waals surface area contributed by atoms with Gasteiger partial charge in [-0.1, -0.05) is 53.6 Å². The Hall–Kier alpha value is -2.45. The minimum Gasteiger partial charge on any atom is -0.485 e. The Labute approximate surface area is 118 Å². The molecule has 0 aliphatic carbocycles. The fourth-order valence-electron chi connectivity index (χ4n) is 2.02. The van der Waals surface area contributed by atoms with E-state index in [-0.39, 0.29) is 6.10 Å². The molecule has 2 aromatic carbocycles. The normalized spacial score (nSPS) is 11.4. The van der Waals surface area contributed by atoms with Gasteiger partial charge in [0.25, 0.3) is 0 Å². The first-order valence-electron chi connectivity index (χ1n) is 6.59. The van der Waals surface area contributed by atoms with E-state index in [0.29, 0.717) is 13.0 Å². The van der Waals surface area contributed by atoms with Crippen LogP contribution in [0.3, 0.4) is 0 Å². The van der Waals surface area contributed by atoms with Crippen LogP contribution in [0.25, 0.3) is 10.4 Å². The van der Waals surface area contributed by atoms with Crippen LogP contribution in [-0.4, -0.2) is 6.54 Å². The first-order valence-corrected chi connectivity index (χ1v) is 6.59. The molecule has 102 valence electrons. The summed E-state index contributed by atoms with van der Waals surface area (Å²) in [5.41, 5.74) is 10.6. The van der Waals surface area contributed by atoms with Crippen LogP contribution in [0.2, 0.25) is 0 Å². The van der Waals surface area contributed by atoms with E-state index in [4.69, 9.17) is 10.3 Å². The summed E-state index contributed by atoms with van der Waals surface area (Å²) in [5.74, 6) is 0.863. The van der Waals surface area contributed by atoms with Crippen molar-refractivity contribution >= 4 is 0 Å². The summed E-state index contributed by atoms with van der Waals surface area (Å²) >= 11 is 0. The van der Waals surface area contributed by atoms with Crippen molar-refractivity contribution < 1.29 is 4.74 Å². The van der Waals surface area contributed by atoms with E-state index in [1.807, 2.05) is 61.5 Å². The number of benzene rings is 2. The van der Waals surface area contributed by atoms with Gasteiger partial charge in [-0.3, -0.25) is 0 Å². The van der Waals surface area contributed by atoms with Crippen molar-refractivity contribution in [1.82, 2.24) is 0 Å². The highest BCUT2D eigenvalue weighted by atomic mass is 16.5. The Bertz CT molecular complexity index is 592. The Morgan fingerprint density at radius 1 is 1.10 bits per heavy atom.